The van der Waals surface area contributed by atoms with Crippen molar-refractivity contribution in [3.8, 4) is 17.1 Å². The van der Waals surface area contributed by atoms with E-state index in [2.05, 4.69) is 17.1 Å². The highest BCUT2D eigenvalue weighted by Gasteiger charge is 2.13. The minimum absolute atomic E-state index is 0.0430. The topological polar surface area (TPSA) is 78.4 Å². The fourth-order valence-electron chi connectivity index (χ4n) is 2.89. The summed E-state index contributed by atoms with van der Waals surface area (Å²) in [4.78, 5) is 15.9. The summed E-state index contributed by atoms with van der Waals surface area (Å²) in [6.45, 7) is 3.97. The summed E-state index contributed by atoms with van der Waals surface area (Å²) in [6, 6.07) is 12.7. The molecule has 4 rings (SSSR count). The number of ether oxygens (including phenoxy) is 1. The first-order chi connectivity index (χ1) is 13.5. The van der Waals surface area contributed by atoms with Gasteiger partial charge >= 0.3 is 5.63 Å². The van der Waals surface area contributed by atoms with Crippen molar-refractivity contribution in [2.45, 2.75) is 26.9 Å². The van der Waals surface area contributed by atoms with Gasteiger partial charge in [-0.1, -0.05) is 47.9 Å². The maximum Gasteiger partial charge on any atom is 0.336 e. The number of benzene rings is 2. The molecule has 0 unspecified atom stereocenters. The van der Waals surface area contributed by atoms with Crippen molar-refractivity contribution in [2.75, 3.05) is 0 Å². The number of aryl methyl sites for hydroxylation is 2. The average molecular weight is 397 g/mol. The Balaban J connectivity index is 1.54. The Labute approximate surface area is 165 Å². The number of hydrogen-bond acceptors (Lipinski definition) is 6. The second-order valence-corrected chi connectivity index (χ2v) is 6.79. The Kier molecular flexibility index (Phi) is 4.88. The summed E-state index contributed by atoms with van der Waals surface area (Å²) < 4.78 is 16.2. The van der Waals surface area contributed by atoms with E-state index < -0.39 is 5.63 Å². The van der Waals surface area contributed by atoms with Gasteiger partial charge in [0.25, 0.3) is 5.89 Å². The van der Waals surface area contributed by atoms with Crippen molar-refractivity contribution in [3.63, 3.8) is 0 Å². The van der Waals surface area contributed by atoms with Crippen LogP contribution >= 0.6 is 11.6 Å². The van der Waals surface area contributed by atoms with Crippen molar-refractivity contribution in [1.82, 2.24) is 10.1 Å². The van der Waals surface area contributed by atoms with Gasteiger partial charge in [-0.15, -0.1) is 0 Å². The van der Waals surface area contributed by atoms with Gasteiger partial charge in [0.15, 0.2) is 6.61 Å². The van der Waals surface area contributed by atoms with Crippen LogP contribution in [0, 0.1) is 6.92 Å². The molecule has 0 aliphatic carbocycles. The van der Waals surface area contributed by atoms with E-state index in [9.17, 15) is 4.79 Å². The molecule has 0 saturated carbocycles. The molecule has 0 saturated heterocycles. The third-order valence-electron chi connectivity index (χ3n) is 4.44. The van der Waals surface area contributed by atoms with Gasteiger partial charge in [-0.3, -0.25) is 0 Å². The fourth-order valence-corrected chi connectivity index (χ4v) is 3.11. The molecule has 2 aromatic heterocycles. The van der Waals surface area contributed by atoms with Crippen LogP contribution in [0.15, 0.2) is 56.2 Å². The zero-order valence-electron chi connectivity index (χ0n) is 15.4. The first-order valence-corrected chi connectivity index (χ1v) is 9.20. The molecule has 7 heteroatoms. The molecule has 6 nitrogen and oxygen atoms in total. The van der Waals surface area contributed by atoms with Gasteiger partial charge in [0.2, 0.25) is 5.82 Å². The quantitative estimate of drug-likeness (QED) is 0.444. The smallest absolute Gasteiger partial charge is 0.336 e. The van der Waals surface area contributed by atoms with Crippen molar-refractivity contribution in [1.29, 1.82) is 0 Å². The maximum atomic E-state index is 11.6. The molecule has 0 atom stereocenters. The maximum absolute atomic E-state index is 11.6. The van der Waals surface area contributed by atoms with Crippen molar-refractivity contribution in [2.24, 2.45) is 0 Å². The third kappa shape index (κ3) is 3.64. The first-order valence-electron chi connectivity index (χ1n) is 8.82. The Morgan fingerprint density at radius 1 is 1.14 bits per heavy atom. The number of aromatic nitrogens is 2. The van der Waals surface area contributed by atoms with Crippen molar-refractivity contribution in [3.05, 3.63) is 74.9 Å². The van der Waals surface area contributed by atoms with E-state index in [1.165, 1.54) is 11.6 Å². The number of rotatable bonds is 5. The van der Waals surface area contributed by atoms with Gasteiger partial charge in [-0.25, -0.2) is 4.79 Å². The van der Waals surface area contributed by atoms with Crippen molar-refractivity contribution >= 4 is 22.6 Å². The highest BCUT2D eigenvalue weighted by atomic mass is 35.5. The minimum atomic E-state index is -0.422. The second kappa shape index (κ2) is 7.48. The van der Waals surface area contributed by atoms with Crippen LogP contribution in [0.2, 0.25) is 5.02 Å². The molecule has 0 aliphatic rings. The summed E-state index contributed by atoms with van der Waals surface area (Å²) in [5.41, 5.74) is 2.88. The van der Waals surface area contributed by atoms with Crippen LogP contribution in [0.4, 0.5) is 0 Å². The van der Waals surface area contributed by atoms with E-state index in [-0.39, 0.29) is 6.61 Å². The fraction of sp³-hybridized carbons (Fsp3) is 0.190. The molecule has 4 aromatic rings. The zero-order valence-corrected chi connectivity index (χ0v) is 16.1. The van der Waals surface area contributed by atoms with Gasteiger partial charge in [0, 0.05) is 23.1 Å². The molecule has 0 radical (unpaired) electrons. The normalized spacial score (nSPS) is 11.1. The van der Waals surface area contributed by atoms with Gasteiger partial charge in [0.05, 0.1) is 5.02 Å². The molecular formula is C21H17ClN2O4. The standard InChI is InChI=1S/C21H17ClN2O4/c1-3-13-4-6-14(7-5-13)21-23-19(28-24-21)11-26-18-10-17-15(9-16(18)22)12(2)8-20(25)27-17/h4-10H,3,11H2,1-2H3. The van der Waals surface area contributed by atoms with E-state index in [0.29, 0.717) is 28.1 Å². The Hall–Kier alpha value is -3.12. The van der Waals surface area contributed by atoms with E-state index in [0.717, 1.165) is 22.9 Å². The van der Waals surface area contributed by atoms with E-state index in [1.807, 2.05) is 31.2 Å². The van der Waals surface area contributed by atoms with Gasteiger partial charge in [-0.05, 0) is 30.5 Å². The lowest BCUT2D eigenvalue weighted by Gasteiger charge is -2.08. The van der Waals surface area contributed by atoms with Crippen LogP contribution in [0.3, 0.4) is 0 Å². The monoisotopic (exact) mass is 396 g/mol. The van der Waals surface area contributed by atoms with Crippen LogP contribution in [-0.4, -0.2) is 10.1 Å². The molecule has 142 valence electrons. The number of fused-ring (bicyclic) bond motifs is 1. The lowest BCUT2D eigenvalue weighted by molar-refractivity contribution is 0.243. The Morgan fingerprint density at radius 3 is 2.68 bits per heavy atom. The Morgan fingerprint density at radius 2 is 1.93 bits per heavy atom. The SMILES string of the molecule is CCc1ccc(-c2noc(COc3cc4oc(=O)cc(C)c4cc3Cl)n2)cc1. The van der Waals surface area contributed by atoms with E-state index >= 15 is 0 Å². The lowest BCUT2D eigenvalue weighted by Crippen LogP contribution is -2.00. The molecule has 0 aliphatic heterocycles. The molecule has 2 heterocycles. The van der Waals surface area contributed by atoms with Crippen molar-refractivity contribution < 1.29 is 13.7 Å². The summed E-state index contributed by atoms with van der Waals surface area (Å²) in [6.07, 6.45) is 0.970. The van der Waals surface area contributed by atoms with Crippen LogP contribution in [0.5, 0.6) is 5.75 Å². The number of nitrogens with zero attached hydrogens (tertiary/aromatic N) is 2. The Bertz CT molecular complexity index is 1200. The minimum Gasteiger partial charge on any atom is -0.482 e. The predicted octanol–water partition coefficient (Wildman–Crippen LogP) is 4.95. The number of halogens is 1. The van der Waals surface area contributed by atoms with Gasteiger partial charge < -0.3 is 13.7 Å². The van der Waals surface area contributed by atoms with Crippen LogP contribution < -0.4 is 10.4 Å². The molecule has 0 amide bonds. The molecule has 0 spiro atoms. The number of hydrogen-bond donors (Lipinski definition) is 0. The van der Waals surface area contributed by atoms with E-state index in [1.54, 1.807) is 12.1 Å². The first kappa shape index (κ1) is 18.3. The van der Waals surface area contributed by atoms with Crippen LogP contribution in [0.1, 0.15) is 23.9 Å². The third-order valence-corrected chi connectivity index (χ3v) is 4.74. The summed E-state index contributed by atoms with van der Waals surface area (Å²) >= 11 is 6.30. The summed E-state index contributed by atoms with van der Waals surface area (Å²) in [5.74, 6) is 1.18. The van der Waals surface area contributed by atoms with Gasteiger partial charge in [-0.2, -0.15) is 4.98 Å². The lowest BCUT2D eigenvalue weighted by atomic mass is 10.1. The zero-order chi connectivity index (χ0) is 19.7. The summed E-state index contributed by atoms with van der Waals surface area (Å²) in [7, 11) is 0. The highest BCUT2D eigenvalue weighted by molar-refractivity contribution is 6.32. The molecule has 0 fully saturated rings. The highest BCUT2D eigenvalue weighted by Crippen LogP contribution is 2.31. The molecular weight excluding hydrogens is 380 g/mol. The molecule has 0 bridgehead atoms. The predicted molar refractivity (Wildman–Crippen MR) is 106 cm³/mol. The molecule has 28 heavy (non-hydrogen) atoms. The molecule has 2 aromatic carbocycles. The average Bonchev–Trinajstić information content (AvgIpc) is 3.16. The van der Waals surface area contributed by atoms with Gasteiger partial charge in [0.1, 0.15) is 11.3 Å². The largest absolute Gasteiger partial charge is 0.482 e. The van der Waals surface area contributed by atoms with E-state index in [4.69, 9.17) is 25.3 Å². The molecule has 0 N–H and O–H groups in total. The second-order valence-electron chi connectivity index (χ2n) is 6.38. The van der Waals surface area contributed by atoms with Crippen LogP contribution in [0.25, 0.3) is 22.4 Å². The van der Waals surface area contributed by atoms with Crippen LogP contribution in [-0.2, 0) is 13.0 Å². The summed E-state index contributed by atoms with van der Waals surface area (Å²) in [5, 5.41) is 5.15.